The Bertz CT molecular complexity index is 1030. The number of nitrogens with two attached hydrogens (primary N) is 1. The van der Waals surface area contributed by atoms with Gasteiger partial charge in [0.1, 0.15) is 35.0 Å². The summed E-state index contributed by atoms with van der Waals surface area (Å²) in [5.74, 6) is 0.917. The van der Waals surface area contributed by atoms with Crippen LogP contribution >= 0.6 is 0 Å². The van der Waals surface area contributed by atoms with Crippen molar-refractivity contribution in [2.24, 2.45) is 0 Å². The number of nitrogens with zero attached hydrogens (tertiary/aromatic N) is 4. The van der Waals surface area contributed by atoms with E-state index in [1.165, 1.54) is 4.68 Å². The van der Waals surface area contributed by atoms with Crippen molar-refractivity contribution in [2.75, 3.05) is 12.8 Å². The van der Waals surface area contributed by atoms with Crippen molar-refractivity contribution in [3.05, 3.63) is 71.4 Å². The van der Waals surface area contributed by atoms with E-state index < -0.39 is 0 Å². The minimum absolute atomic E-state index is 0.176. The molecule has 0 radical (unpaired) electrons. The summed E-state index contributed by atoms with van der Waals surface area (Å²) in [5.41, 5.74) is 8.29. The first-order valence-corrected chi connectivity index (χ1v) is 7.78. The average Bonchev–Trinajstić information content (AvgIpc) is 3.03. The summed E-state index contributed by atoms with van der Waals surface area (Å²) < 4.78 is 6.59. The van der Waals surface area contributed by atoms with Gasteiger partial charge in [-0.2, -0.15) is 15.6 Å². The van der Waals surface area contributed by atoms with E-state index in [-0.39, 0.29) is 22.6 Å². The maximum atomic E-state index is 9.59. The van der Waals surface area contributed by atoms with Crippen LogP contribution in [0.4, 0.5) is 5.82 Å². The van der Waals surface area contributed by atoms with Crippen molar-refractivity contribution >= 4 is 17.5 Å². The predicted octanol–water partition coefficient (Wildman–Crippen LogP) is 3.40. The van der Waals surface area contributed by atoms with E-state index in [1.807, 2.05) is 42.5 Å². The second-order valence-electron chi connectivity index (χ2n) is 5.41. The van der Waals surface area contributed by atoms with Crippen LogP contribution < -0.4 is 10.5 Å². The number of anilines is 1. The number of para-hydroxylation sites is 1. The zero-order chi connectivity index (χ0) is 18.5. The second-order valence-corrected chi connectivity index (χ2v) is 5.41. The number of allylic oxidation sites excluding steroid dienone is 1. The molecule has 0 fully saturated rings. The lowest BCUT2D eigenvalue weighted by atomic mass is 10.1. The molecule has 1 heterocycles. The molecule has 6 nitrogen and oxygen atoms in total. The molecular formula is C20H15N5O. The van der Waals surface area contributed by atoms with Crippen LogP contribution in [0.5, 0.6) is 5.75 Å². The van der Waals surface area contributed by atoms with Crippen LogP contribution in [0.2, 0.25) is 0 Å². The maximum Gasteiger partial charge on any atom is 0.145 e. The van der Waals surface area contributed by atoms with E-state index in [0.29, 0.717) is 0 Å². The lowest BCUT2D eigenvalue weighted by Crippen LogP contribution is -2.02. The largest absolute Gasteiger partial charge is 0.497 e. The number of ether oxygens (including phenoxy) is 1. The van der Waals surface area contributed by atoms with Crippen molar-refractivity contribution in [1.82, 2.24) is 9.78 Å². The van der Waals surface area contributed by atoms with Crippen molar-refractivity contribution < 1.29 is 4.74 Å². The van der Waals surface area contributed by atoms with Gasteiger partial charge in [-0.05, 0) is 35.9 Å². The molecule has 2 aromatic carbocycles. The van der Waals surface area contributed by atoms with E-state index in [4.69, 9.17) is 10.5 Å². The normalized spacial score (nSPS) is 10.8. The first kappa shape index (κ1) is 16.8. The van der Waals surface area contributed by atoms with Crippen molar-refractivity contribution in [3.8, 4) is 23.6 Å². The Morgan fingerprint density at radius 3 is 2.38 bits per heavy atom. The zero-order valence-electron chi connectivity index (χ0n) is 14.0. The molecule has 0 saturated carbocycles. The summed E-state index contributed by atoms with van der Waals surface area (Å²) in [6.07, 6.45) is 1.66. The molecule has 0 bridgehead atoms. The van der Waals surface area contributed by atoms with Gasteiger partial charge in [-0.1, -0.05) is 30.3 Å². The molecule has 0 aliphatic rings. The van der Waals surface area contributed by atoms with Gasteiger partial charge < -0.3 is 10.5 Å². The summed E-state index contributed by atoms with van der Waals surface area (Å²) in [7, 11) is 1.59. The van der Waals surface area contributed by atoms with Crippen LogP contribution in [0.3, 0.4) is 0 Å². The Morgan fingerprint density at radius 1 is 1.12 bits per heavy atom. The van der Waals surface area contributed by atoms with Crippen LogP contribution in [0.25, 0.3) is 17.3 Å². The van der Waals surface area contributed by atoms with Gasteiger partial charge in [0.25, 0.3) is 0 Å². The highest BCUT2D eigenvalue weighted by molar-refractivity contribution is 5.91. The van der Waals surface area contributed by atoms with E-state index in [0.717, 1.165) is 17.0 Å². The standard InChI is InChI=1S/C20H15N5O/c1-26-17-9-7-14(8-10-17)11-15(12-21)19-18(13-22)20(23)25(24-19)16-5-3-2-4-6-16/h2-11H,23H2,1H3/b15-11+. The first-order chi connectivity index (χ1) is 12.7. The summed E-state index contributed by atoms with van der Waals surface area (Å²) in [6.45, 7) is 0. The molecule has 0 atom stereocenters. The van der Waals surface area contributed by atoms with Gasteiger partial charge in [0.05, 0.1) is 18.4 Å². The van der Waals surface area contributed by atoms with E-state index >= 15 is 0 Å². The number of rotatable bonds is 4. The molecule has 0 spiro atoms. The van der Waals surface area contributed by atoms with E-state index in [2.05, 4.69) is 17.2 Å². The smallest absolute Gasteiger partial charge is 0.145 e. The average molecular weight is 341 g/mol. The van der Waals surface area contributed by atoms with Crippen molar-refractivity contribution in [3.63, 3.8) is 0 Å². The Hall–Kier alpha value is -4.03. The Kier molecular flexibility index (Phi) is 4.69. The Labute approximate surface area is 151 Å². The summed E-state index contributed by atoms with van der Waals surface area (Å²) in [4.78, 5) is 0. The SMILES string of the molecule is COc1ccc(/C=C(\C#N)c2nn(-c3ccccc3)c(N)c2C#N)cc1. The fraction of sp³-hybridized carbons (Fsp3) is 0.0500. The lowest BCUT2D eigenvalue weighted by molar-refractivity contribution is 0.415. The van der Waals surface area contributed by atoms with Gasteiger partial charge in [-0.25, -0.2) is 4.68 Å². The monoisotopic (exact) mass is 341 g/mol. The summed E-state index contributed by atoms with van der Waals surface area (Å²) >= 11 is 0. The van der Waals surface area contributed by atoms with Gasteiger partial charge in [-0.3, -0.25) is 0 Å². The molecule has 26 heavy (non-hydrogen) atoms. The molecule has 0 saturated heterocycles. The molecule has 0 amide bonds. The number of nitrogen functional groups attached to an aromatic ring is 1. The molecule has 3 aromatic rings. The van der Waals surface area contributed by atoms with Crippen LogP contribution in [-0.4, -0.2) is 16.9 Å². The number of methoxy groups -OCH3 is 1. The molecule has 126 valence electrons. The highest BCUT2D eigenvalue weighted by atomic mass is 16.5. The van der Waals surface area contributed by atoms with Gasteiger partial charge in [0, 0.05) is 0 Å². The minimum Gasteiger partial charge on any atom is -0.497 e. The molecular weight excluding hydrogens is 326 g/mol. The van der Waals surface area contributed by atoms with Crippen LogP contribution in [0.15, 0.2) is 54.6 Å². The van der Waals surface area contributed by atoms with Gasteiger partial charge in [0.15, 0.2) is 0 Å². The third-order valence-electron chi connectivity index (χ3n) is 3.84. The number of nitriles is 2. The van der Waals surface area contributed by atoms with Gasteiger partial charge in [-0.15, -0.1) is 0 Å². The van der Waals surface area contributed by atoms with Crippen molar-refractivity contribution in [2.45, 2.75) is 0 Å². The fourth-order valence-electron chi connectivity index (χ4n) is 2.52. The quantitative estimate of drug-likeness (QED) is 0.733. The zero-order valence-corrected chi connectivity index (χ0v) is 14.0. The molecule has 1 aromatic heterocycles. The third-order valence-corrected chi connectivity index (χ3v) is 3.84. The molecule has 0 unspecified atom stereocenters. The van der Waals surface area contributed by atoms with Crippen LogP contribution in [-0.2, 0) is 0 Å². The van der Waals surface area contributed by atoms with E-state index in [9.17, 15) is 10.5 Å². The van der Waals surface area contributed by atoms with Crippen LogP contribution in [0.1, 0.15) is 16.8 Å². The topological polar surface area (TPSA) is 101 Å². The first-order valence-electron chi connectivity index (χ1n) is 7.78. The molecule has 3 rings (SSSR count). The third kappa shape index (κ3) is 3.12. The number of hydrogen-bond donors (Lipinski definition) is 1. The highest BCUT2D eigenvalue weighted by Crippen LogP contribution is 2.27. The van der Waals surface area contributed by atoms with Gasteiger partial charge >= 0.3 is 0 Å². The molecule has 0 aliphatic carbocycles. The van der Waals surface area contributed by atoms with Gasteiger partial charge in [0.2, 0.25) is 0 Å². The predicted molar refractivity (Wildman–Crippen MR) is 99.2 cm³/mol. The summed E-state index contributed by atoms with van der Waals surface area (Å²) in [5, 5.41) is 23.5. The highest BCUT2D eigenvalue weighted by Gasteiger charge is 2.19. The maximum absolute atomic E-state index is 9.59. The molecule has 0 aliphatic heterocycles. The second kappa shape index (κ2) is 7.25. The van der Waals surface area contributed by atoms with Crippen molar-refractivity contribution in [1.29, 1.82) is 10.5 Å². The Balaban J connectivity index is 2.10. The van der Waals surface area contributed by atoms with Crippen LogP contribution in [0, 0.1) is 22.7 Å². The fourth-order valence-corrected chi connectivity index (χ4v) is 2.52. The number of benzene rings is 2. The Morgan fingerprint density at radius 2 is 1.81 bits per heavy atom. The number of aromatic nitrogens is 2. The van der Waals surface area contributed by atoms with E-state index in [1.54, 1.807) is 25.3 Å². The minimum atomic E-state index is 0.176. The lowest BCUT2D eigenvalue weighted by Gasteiger charge is -2.02. The summed E-state index contributed by atoms with van der Waals surface area (Å²) in [6, 6.07) is 20.6. The molecule has 2 N–H and O–H groups in total. The molecule has 6 heteroatoms. The number of hydrogen-bond acceptors (Lipinski definition) is 5.